The molecule has 0 N–H and O–H groups in total. The molecule has 0 radical (unpaired) electrons. The monoisotopic (exact) mass is 162 g/mol. The van der Waals surface area contributed by atoms with Crippen LogP contribution in [0, 0.1) is 0 Å². The smallest absolute Gasteiger partial charge is 0.155 e. The summed E-state index contributed by atoms with van der Waals surface area (Å²) in [5.74, 6) is 0. The van der Waals surface area contributed by atoms with Crippen LogP contribution in [0.5, 0.6) is 0 Å². The molecule has 0 saturated carbocycles. The zero-order valence-electron chi connectivity index (χ0n) is 6.51. The molecule has 0 aliphatic rings. The first-order chi connectivity index (χ1) is 4.91. The molecule has 0 aliphatic carbocycles. The van der Waals surface area contributed by atoms with Crippen molar-refractivity contribution in [3.63, 3.8) is 0 Å². The molecule has 10 heavy (non-hydrogen) atoms. The topological polar surface area (TPSA) is 26.3 Å². The van der Waals surface area contributed by atoms with Crippen molar-refractivity contribution >= 4 is 8.46 Å². The van der Waals surface area contributed by atoms with Crippen molar-refractivity contribution in [1.82, 2.24) is 0 Å². The highest BCUT2D eigenvalue weighted by Gasteiger charge is 1.88. The molecule has 0 aromatic heterocycles. The highest BCUT2D eigenvalue weighted by atomic mass is 31.1. The van der Waals surface area contributed by atoms with Gasteiger partial charge in [-0.15, -0.1) is 0 Å². The Kier molecular flexibility index (Phi) is 9.11. The molecule has 0 unspecified atom stereocenters. The molecular weight excluding hydrogens is 147 g/mol. The first kappa shape index (κ1) is 10.1. The minimum absolute atomic E-state index is 0.277. The standard InChI is InChI=1S/C7H15O2P/c1-2-9-6-4-3-5-7-10-8/h2-7H2,1H3. The Morgan fingerprint density at radius 2 is 2.10 bits per heavy atom. The Morgan fingerprint density at radius 1 is 1.30 bits per heavy atom. The van der Waals surface area contributed by atoms with Crippen LogP contribution in [-0.4, -0.2) is 19.4 Å². The summed E-state index contributed by atoms with van der Waals surface area (Å²) in [4.78, 5) is 0. The van der Waals surface area contributed by atoms with Crippen molar-refractivity contribution in [3.8, 4) is 0 Å². The van der Waals surface area contributed by atoms with Gasteiger partial charge in [-0.05, 0) is 19.8 Å². The second-order valence-corrected chi connectivity index (χ2v) is 2.82. The summed E-state index contributed by atoms with van der Waals surface area (Å²) in [5.41, 5.74) is 0. The van der Waals surface area contributed by atoms with Gasteiger partial charge in [0.1, 0.15) is 0 Å². The Labute approximate surface area is 64.2 Å². The van der Waals surface area contributed by atoms with Gasteiger partial charge in [0.25, 0.3) is 0 Å². The van der Waals surface area contributed by atoms with E-state index in [-0.39, 0.29) is 8.46 Å². The molecule has 0 aromatic carbocycles. The van der Waals surface area contributed by atoms with E-state index in [0.29, 0.717) is 0 Å². The molecule has 0 spiro atoms. The van der Waals surface area contributed by atoms with E-state index in [9.17, 15) is 4.57 Å². The van der Waals surface area contributed by atoms with Crippen LogP contribution in [0.4, 0.5) is 0 Å². The molecule has 3 heteroatoms. The van der Waals surface area contributed by atoms with Crippen LogP contribution in [0.15, 0.2) is 0 Å². The van der Waals surface area contributed by atoms with Gasteiger partial charge in [-0.3, -0.25) is 4.57 Å². The first-order valence-corrected chi connectivity index (χ1v) is 4.78. The maximum atomic E-state index is 9.96. The van der Waals surface area contributed by atoms with Gasteiger partial charge in [0.05, 0.1) is 0 Å². The van der Waals surface area contributed by atoms with Crippen molar-refractivity contribution in [2.24, 2.45) is 0 Å². The van der Waals surface area contributed by atoms with E-state index in [0.717, 1.165) is 38.6 Å². The van der Waals surface area contributed by atoms with Crippen LogP contribution in [0.3, 0.4) is 0 Å². The second-order valence-electron chi connectivity index (χ2n) is 2.11. The lowest BCUT2D eigenvalue weighted by molar-refractivity contribution is 0.143. The van der Waals surface area contributed by atoms with Gasteiger partial charge in [-0.2, -0.15) is 0 Å². The van der Waals surface area contributed by atoms with E-state index in [1.807, 2.05) is 6.92 Å². The van der Waals surface area contributed by atoms with Crippen molar-refractivity contribution in [3.05, 3.63) is 0 Å². The highest BCUT2D eigenvalue weighted by Crippen LogP contribution is 2.01. The average Bonchev–Trinajstić information content (AvgIpc) is 1.97. The molecule has 2 nitrogen and oxygen atoms in total. The third kappa shape index (κ3) is 8.06. The number of hydrogen-bond acceptors (Lipinski definition) is 2. The van der Waals surface area contributed by atoms with Crippen LogP contribution < -0.4 is 0 Å². The minimum Gasteiger partial charge on any atom is -0.382 e. The first-order valence-electron chi connectivity index (χ1n) is 3.78. The lowest BCUT2D eigenvalue weighted by Crippen LogP contribution is -1.92. The van der Waals surface area contributed by atoms with Crippen molar-refractivity contribution in [1.29, 1.82) is 0 Å². The zero-order chi connectivity index (χ0) is 7.66. The van der Waals surface area contributed by atoms with E-state index in [2.05, 4.69) is 0 Å². The molecule has 0 aromatic rings. The SMILES string of the molecule is CCOCCCCCP=O. The van der Waals surface area contributed by atoms with Gasteiger partial charge in [-0.1, -0.05) is 6.42 Å². The minimum atomic E-state index is 0.277. The van der Waals surface area contributed by atoms with Gasteiger partial charge in [-0.25, -0.2) is 0 Å². The molecule has 0 heterocycles. The van der Waals surface area contributed by atoms with Gasteiger partial charge < -0.3 is 4.74 Å². The lowest BCUT2D eigenvalue weighted by Gasteiger charge is -1.98. The Bertz CT molecular complexity index is 76.0. The van der Waals surface area contributed by atoms with E-state index < -0.39 is 0 Å². The molecule has 0 atom stereocenters. The normalized spacial score (nSPS) is 10.5. The summed E-state index contributed by atoms with van der Waals surface area (Å²) in [6.07, 6.45) is 4.09. The molecule has 60 valence electrons. The Morgan fingerprint density at radius 3 is 2.70 bits per heavy atom. The second kappa shape index (κ2) is 9.06. The van der Waals surface area contributed by atoms with E-state index in [1.165, 1.54) is 0 Å². The summed E-state index contributed by atoms with van der Waals surface area (Å²) < 4.78 is 15.1. The van der Waals surface area contributed by atoms with E-state index >= 15 is 0 Å². The van der Waals surface area contributed by atoms with Crippen LogP contribution in [0.1, 0.15) is 26.2 Å². The zero-order valence-corrected chi connectivity index (χ0v) is 7.40. The fraction of sp³-hybridized carbons (Fsp3) is 1.00. The van der Waals surface area contributed by atoms with Crippen molar-refractivity contribution < 1.29 is 9.30 Å². The van der Waals surface area contributed by atoms with Crippen LogP contribution in [0.2, 0.25) is 0 Å². The summed E-state index contributed by atoms with van der Waals surface area (Å²) in [6, 6.07) is 0. The number of rotatable bonds is 7. The highest BCUT2D eigenvalue weighted by molar-refractivity contribution is 7.23. The molecule has 0 saturated heterocycles. The van der Waals surface area contributed by atoms with Gasteiger partial charge in [0.15, 0.2) is 8.46 Å². The Hall–Kier alpha value is 0.0600. The van der Waals surface area contributed by atoms with E-state index in [4.69, 9.17) is 4.74 Å². The Balaban J connectivity index is 2.70. The number of hydrogen-bond donors (Lipinski definition) is 0. The van der Waals surface area contributed by atoms with Crippen molar-refractivity contribution in [2.45, 2.75) is 26.2 Å². The van der Waals surface area contributed by atoms with Crippen LogP contribution >= 0.6 is 8.46 Å². The molecule has 0 rings (SSSR count). The molecular formula is C7H15O2P. The quantitative estimate of drug-likeness (QED) is 0.424. The fourth-order valence-corrected chi connectivity index (χ4v) is 1.05. The maximum absolute atomic E-state index is 9.96. The average molecular weight is 162 g/mol. The van der Waals surface area contributed by atoms with Gasteiger partial charge >= 0.3 is 0 Å². The fourth-order valence-electron chi connectivity index (χ4n) is 0.702. The predicted octanol–water partition coefficient (Wildman–Crippen LogP) is 2.48. The lowest BCUT2D eigenvalue weighted by atomic mass is 10.3. The summed E-state index contributed by atoms with van der Waals surface area (Å²) in [7, 11) is 0.277. The third-order valence-electron chi connectivity index (χ3n) is 1.24. The summed E-state index contributed by atoms with van der Waals surface area (Å²) in [6.45, 7) is 3.66. The van der Waals surface area contributed by atoms with Gasteiger partial charge in [0, 0.05) is 19.4 Å². The predicted molar refractivity (Wildman–Crippen MR) is 42.8 cm³/mol. The number of unbranched alkanes of at least 4 members (excludes halogenated alkanes) is 2. The molecule has 0 amide bonds. The maximum Gasteiger partial charge on any atom is 0.155 e. The van der Waals surface area contributed by atoms with Crippen LogP contribution in [0.25, 0.3) is 0 Å². The molecule has 0 fully saturated rings. The summed E-state index contributed by atoms with van der Waals surface area (Å²) >= 11 is 0. The van der Waals surface area contributed by atoms with Gasteiger partial charge in [0.2, 0.25) is 0 Å². The molecule has 0 aliphatic heterocycles. The summed E-state index contributed by atoms with van der Waals surface area (Å²) in [5, 5.41) is 0. The largest absolute Gasteiger partial charge is 0.382 e. The van der Waals surface area contributed by atoms with Crippen molar-refractivity contribution in [2.75, 3.05) is 19.4 Å². The third-order valence-corrected chi connectivity index (χ3v) is 1.74. The van der Waals surface area contributed by atoms with Crippen LogP contribution in [-0.2, 0) is 9.30 Å². The number of ether oxygens (including phenoxy) is 1. The van der Waals surface area contributed by atoms with E-state index in [1.54, 1.807) is 0 Å². The molecule has 0 bridgehead atoms.